The fraction of sp³-hybridized carbons (Fsp3) is 0.0909. The molecule has 1 amide bonds. The second kappa shape index (κ2) is 7.10. The fourth-order valence-electron chi connectivity index (χ4n) is 3.02. The lowest BCUT2D eigenvalue weighted by Crippen LogP contribution is -2.26. The van der Waals surface area contributed by atoms with E-state index in [0.29, 0.717) is 5.56 Å². The molecule has 2 heterocycles. The first-order valence-corrected chi connectivity index (χ1v) is 9.38. The maximum atomic E-state index is 12.7. The predicted octanol–water partition coefficient (Wildman–Crippen LogP) is 5.45. The molecule has 2 aromatic heterocycles. The van der Waals surface area contributed by atoms with Crippen molar-refractivity contribution in [1.82, 2.24) is 10.3 Å². The highest BCUT2D eigenvalue weighted by Crippen LogP contribution is 2.33. The number of nitrogens with zero attached hydrogens (tertiary/aromatic N) is 1. The molecule has 3 nitrogen and oxygen atoms in total. The monoisotopic (exact) mass is 358 g/mol. The quantitative estimate of drug-likeness (QED) is 0.527. The Morgan fingerprint density at radius 3 is 2.65 bits per heavy atom. The average Bonchev–Trinajstić information content (AvgIpc) is 3.13. The van der Waals surface area contributed by atoms with E-state index in [2.05, 4.69) is 27.8 Å². The minimum atomic E-state index is -0.116. The third kappa shape index (κ3) is 3.24. The smallest absolute Gasteiger partial charge is 0.253 e. The number of amides is 1. The third-order valence-corrected chi connectivity index (χ3v) is 5.40. The van der Waals surface area contributed by atoms with Crippen molar-refractivity contribution in [1.29, 1.82) is 0 Å². The van der Waals surface area contributed by atoms with Gasteiger partial charge < -0.3 is 5.32 Å². The number of benzene rings is 2. The molecule has 0 aliphatic heterocycles. The van der Waals surface area contributed by atoms with E-state index in [1.165, 1.54) is 10.1 Å². The normalized spacial score (nSPS) is 12.0. The molecule has 0 aliphatic rings. The molecule has 0 bridgehead atoms. The highest BCUT2D eigenvalue weighted by Gasteiger charge is 2.13. The van der Waals surface area contributed by atoms with Crippen LogP contribution in [0.1, 0.15) is 28.9 Å². The van der Waals surface area contributed by atoms with Crippen molar-refractivity contribution in [2.24, 2.45) is 0 Å². The van der Waals surface area contributed by atoms with Gasteiger partial charge in [-0.2, -0.15) is 0 Å². The Balaban J connectivity index is 1.60. The van der Waals surface area contributed by atoms with Crippen LogP contribution in [0, 0.1) is 0 Å². The third-order valence-electron chi connectivity index (χ3n) is 4.44. The first kappa shape index (κ1) is 16.5. The first-order valence-electron chi connectivity index (χ1n) is 8.50. The van der Waals surface area contributed by atoms with Crippen LogP contribution in [0.25, 0.3) is 21.2 Å². The molecule has 1 unspecified atom stereocenters. The van der Waals surface area contributed by atoms with Gasteiger partial charge in [-0.1, -0.05) is 48.5 Å². The SMILES string of the molecule is CC(NC(=O)c1cncc(-c2csc3ccccc23)c1)c1ccccc1. The lowest BCUT2D eigenvalue weighted by molar-refractivity contribution is 0.0939. The van der Waals surface area contributed by atoms with Gasteiger partial charge in [0.1, 0.15) is 0 Å². The van der Waals surface area contributed by atoms with Crippen molar-refractivity contribution in [2.45, 2.75) is 13.0 Å². The van der Waals surface area contributed by atoms with Crippen LogP contribution in [0.15, 0.2) is 78.4 Å². The molecule has 128 valence electrons. The van der Waals surface area contributed by atoms with Gasteiger partial charge in [-0.25, -0.2) is 0 Å². The second-order valence-corrected chi connectivity index (χ2v) is 7.12. The predicted molar refractivity (Wildman–Crippen MR) is 107 cm³/mol. The minimum Gasteiger partial charge on any atom is -0.345 e. The molecule has 0 spiro atoms. The lowest BCUT2D eigenvalue weighted by atomic mass is 10.0. The van der Waals surface area contributed by atoms with Crippen LogP contribution in [-0.2, 0) is 0 Å². The molecule has 26 heavy (non-hydrogen) atoms. The van der Waals surface area contributed by atoms with Crippen molar-refractivity contribution >= 4 is 27.3 Å². The van der Waals surface area contributed by atoms with Gasteiger partial charge in [0.2, 0.25) is 0 Å². The van der Waals surface area contributed by atoms with E-state index in [1.54, 1.807) is 17.5 Å². The van der Waals surface area contributed by atoms with Crippen molar-refractivity contribution in [3.63, 3.8) is 0 Å². The molecule has 1 N–H and O–H groups in total. The highest BCUT2D eigenvalue weighted by atomic mass is 32.1. The fourth-order valence-corrected chi connectivity index (χ4v) is 3.99. The highest BCUT2D eigenvalue weighted by molar-refractivity contribution is 7.17. The van der Waals surface area contributed by atoms with E-state index in [9.17, 15) is 4.79 Å². The standard InChI is InChI=1S/C22H18N2OS/c1-15(16-7-3-2-4-8-16)24-22(25)18-11-17(12-23-13-18)20-14-26-21-10-6-5-9-19(20)21/h2-15H,1H3,(H,24,25). The Labute approximate surface area is 156 Å². The van der Waals surface area contributed by atoms with Crippen LogP contribution >= 0.6 is 11.3 Å². The zero-order chi connectivity index (χ0) is 17.9. The van der Waals surface area contributed by atoms with E-state index >= 15 is 0 Å². The Morgan fingerprint density at radius 2 is 1.81 bits per heavy atom. The van der Waals surface area contributed by atoms with Gasteiger partial charge >= 0.3 is 0 Å². The average molecular weight is 358 g/mol. The van der Waals surface area contributed by atoms with Gasteiger partial charge in [-0.05, 0) is 30.0 Å². The summed E-state index contributed by atoms with van der Waals surface area (Å²) >= 11 is 1.70. The van der Waals surface area contributed by atoms with Gasteiger partial charge in [-0.3, -0.25) is 9.78 Å². The van der Waals surface area contributed by atoms with Crippen molar-refractivity contribution in [3.8, 4) is 11.1 Å². The van der Waals surface area contributed by atoms with Gasteiger partial charge in [-0.15, -0.1) is 11.3 Å². The molecule has 2 aromatic carbocycles. The summed E-state index contributed by atoms with van der Waals surface area (Å²) in [5.41, 5.74) is 3.72. The van der Waals surface area contributed by atoms with Crippen LogP contribution < -0.4 is 5.32 Å². The Hall–Kier alpha value is -2.98. The maximum absolute atomic E-state index is 12.7. The number of nitrogens with one attached hydrogen (secondary N) is 1. The second-order valence-electron chi connectivity index (χ2n) is 6.21. The number of rotatable bonds is 4. The summed E-state index contributed by atoms with van der Waals surface area (Å²) in [7, 11) is 0. The number of hydrogen-bond acceptors (Lipinski definition) is 3. The van der Waals surface area contributed by atoms with Crippen LogP contribution in [0.3, 0.4) is 0 Å². The molecule has 1 atom stereocenters. The molecule has 4 aromatic rings. The van der Waals surface area contributed by atoms with Crippen molar-refractivity contribution in [3.05, 3.63) is 89.6 Å². The Kier molecular flexibility index (Phi) is 4.50. The largest absolute Gasteiger partial charge is 0.345 e. The number of aromatic nitrogens is 1. The van der Waals surface area contributed by atoms with Gasteiger partial charge in [0, 0.05) is 33.6 Å². The molecular weight excluding hydrogens is 340 g/mol. The number of carbonyl (C=O) groups excluding carboxylic acids is 1. The van der Waals surface area contributed by atoms with Gasteiger partial charge in [0.05, 0.1) is 11.6 Å². The number of hydrogen-bond donors (Lipinski definition) is 1. The van der Waals surface area contributed by atoms with E-state index in [4.69, 9.17) is 0 Å². The van der Waals surface area contributed by atoms with Crippen LogP contribution in [0.2, 0.25) is 0 Å². The zero-order valence-electron chi connectivity index (χ0n) is 14.3. The molecule has 0 fully saturated rings. The lowest BCUT2D eigenvalue weighted by Gasteiger charge is -2.14. The summed E-state index contributed by atoms with van der Waals surface area (Å²) in [6.07, 6.45) is 3.43. The minimum absolute atomic E-state index is 0.0608. The molecule has 4 rings (SSSR count). The summed E-state index contributed by atoms with van der Waals surface area (Å²) < 4.78 is 1.23. The van der Waals surface area contributed by atoms with E-state index in [1.807, 2.05) is 61.7 Å². The molecule has 0 aliphatic carbocycles. The Bertz CT molecular complexity index is 1060. The van der Waals surface area contributed by atoms with E-state index in [-0.39, 0.29) is 11.9 Å². The summed E-state index contributed by atoms with van der Waals surface area (Å²) in [5.74, 6) is -0.116. The summed E-state index contributed by atoms with van der Waals surface area (Å²) in [6.45, 7) is 1.98. The van der Waals surface area contributed by atoms with E-state index in [0.717, 1.165) is 16.7 Å². The zero-order valence-corrected chi connectivity index (χ0v) is 15.2. The topological polar surface area (TPSA) is 42.0 Å². The Morgan fingerprint density at radius 1 is 1.04 bits per heavy atom. The maximum Gasteiger partial charge on any atom is 0.253 e. The molecule has 0 saturated heterocycles. The molecule has 0 radical (unpaired) electrons. The summed E-state index contributed by atoms with van der Waals surface area (Å²) in [6, 6.07) is 20.1. The van der Waals surface area contributed by atoms with Crippen molar-refractivity contribution in [2.75, 3.05) is 0 Å². The van der Waals surface area contributed by atoms with Gasteiger partial charge in [0.15, 0.2) is 0 Å². The van der Waals surface area contributed by atoms with E-state index < -0.39 is 0 Å². The van der Waals surface area contributed by atoms with Crippen molar-refractivity contribution < 1.29 is 4.79 Å². The number of pyridine rings is 1. The van der Waals surface area contributed by atoms with Crippen LogP contribution in [-0.4, -0.2) is 10.9 Å². The molecule has 4 heteroatoms. The van der Waals surface area contributed by atoms with Crippen LogP contribution in [0.4, 0.5) is 0 Å². The summed E-state index contributed by atoms with van der Waals surface area (Å²) in [4.78, 5) is 17.0. The molecule has 0 saturated carbocycles. The number of thiophene rings is 1. The first-order chi connectivity index (χ1) is 12.7. The number of carbonyl (C=O) groups is 1. The number of fused-ring (bicyclic) bond motifs is 1. The van der Waals surface area contributed by atoms with Gasteiger partial charge in [0.25, 0.3) is 5.91 Å². The molecular formula is C22H18N2OS. The summed E-state index contributed by atoms with van der Waals surface area (Å²) in [5, 5.41) is 6.36. The van der Waals surface area contributed by atoms with Crippen LogP contribution in [0.5, 0.6) is 0 Å².